The zero-order valence-electron chi connectivity index (χ0n) is 16.8. The van der Waals surface area contributed by atoms with Gasteiger partial charge in [0.25, 0.3) is 0 Å². The van der Waals surface area contributed by atoms with Crippen molar-refractivity contribution in [3.8, 4) is 5.75 Å². The number of nitrogens with one attached hydrogen (secondary N) is 1. The van der Waals surface area contributed by atoms with Crippen molar-refractivity contribution in [1.82, 2.24) is 14.8 Å². The Labute approximate surface area is 180 Å². The van der Waals surface area contributed by atoms with Gasteiger partial charge in [0.15, 0.2) is 5.82 Å². The summed E-state index contributed by atoms with van der Waals surface area (Å²) < 4.78 is 7.22. The van der Waals surface area contributed by atoms with Gasteiger partial charge in [0.05, 0.1) is 13.7 Å². The van der Waals surface area contributed by atoms with Crippen molar-refractivity contribution in [2.45, 2.75) is 38.8 Å². The minimum absolute atomic E-state index is 0.263. The van der Waals surface area contributed by atoms with Crippen molar-refractivity contribution in [1.29, 1.82) is 0 Å². The smallest absolute Gasteiger partial charge is 0.326 e. The van der Waals surface area contributed by atoms with Crippen LogP contribution in [-0.2, 0) is 19.5 Å². The Morgan fingerprint density at radius 3 is 2.80 bits per heavy atom. The number of nitrogens with zero attached hydrogens (tertiary/aromatic N) is 4. The summed E-state index contributed by atoms with van der Waals surface area (Å²) in [6, 6.07) is 14.1. The topological polar surface area (TPSA) is 72.3 Å². The second-order valence-corrected chi connectivity index (χ2v) is 7.64. The predicted octanol–water partition coefficient (Wildman–Crippen LogP) is 4.91. The summed E-state index contributed by atoms with van der Waals surface area (Å²) >= 11 is 6.06. The molecule has 2 heterocycles. The average molecular weight is 426 g/mol. The largest absolute Gasteiger partial charge is 0.497 e. The fourth-order valence-electron chi connectivity index (χ4n) is 3.52. The van der Waals surface area contributed by atoms with Crippen LogP contribution in [0.3, 0.4) is 0 Å². The van der Waals surface area contributed by atoms with Crippen LogP contribution in [0.5, 0.6) is 5.75 Å². The summed E-state index contributed by atoms with van der Waals surface area (Å²) in [5.41, 5.74) is 1.35. The van der Waals surface area contributed by atoms with Crippen LogP contribution in [0.15, 0.2) is 48.5 Å². The molecule has 3 aromatic rings. The van der Waals surface area contributed by atoms with Crippen LogP contribution in [0.25, 0.3) is 0 Å². The maximum Gasteiger partial charge on any atom is 0.326 e. The summed E-state index contributed by atoms with van der Waals surface area (Å²) in [5, 5.41) is 8.12. The van der Waals surface area contributed by atoms with Crippen molar-refractivity contribution in [2.24, 2.45) is 0 Å². The number of ether oxygens (including phenoxy) is 1. The standard InChI is InChI=1S/C22H24ClN5O2/c1-30-19-11-9-18(10-12-19)27(22(29)24-17-7-5-6-16(23)14-17)15-20-25-21-8-3-2-4-13-28(21)26-20/h5-7,9-12,14H,2-4,8,13,15H2,1H3,(H,24,29). The highest BCUT2D eigenvalue weighted by Gasteiger charge is 2.21. The molecule has 4 rings (SSSR count). The molecule has 0 radical (unpaired) electrons. The first-order valence-electron chi connectivity index (χ1n) is 10.0. The second-order valence-electron chi connectivity index (χ2n) is 7.20. The van der Waals surface area contributed by atoms with E-state index in [1.54, 1.807) is 36.3 Å². The second kappa shape index (κ2) is 9.17. The molecule has 8 heteroatoms. The molecule has 0 saturated carbocycles. The number of halogens is 1. The predicted molar refractivity (Wildman–Crippen MR) is 117 cm³/mol. The first-order chi connectivity index (χ1) is 14.6. The Bertz CT molecular complexity index is 995. The highest BCUT2D eigenvalue weighted by atomic mass is 35.5. The zero-order chi connectivity index (χ0) is 20.9. The van der Waals surface area contributed by atoms with Gasteiger partial charge in [-0.2, -0.15) is 5.10 Å². The number of anilines is 2. The lowest BCUT2D eigenvalue weighted by Gasteiger charge is -2.22. The van der Waals surface area contributed by atoms with E-state index in [2.05, 4.69) is 10.4 Å². The number of aryl methyl sites for hydroxylation is 2. The first-order valence-corrected chi connectivity index (χ1v) is 10.4. The summed E-state index contributed by atoms with van der Waals surface area (Å²) in [6.45, 7) is 1.14. The minimum Gasteiger partial charge on any atom is -0.497 e. The van der Waals surface area contributed by atoms with E-state index in [-0.39, 0.29) is 12.6 Å². The quantitative estimate of drug-likeness (QED) is 0.630. The van der Waals surface area contributed by atoms with Crippen molar-refractivity contribution in [3.63, 3.8) is 0 Å². The number of urea groups is 1. The van der Waals surface area contributed by atoms with Gasteiger partial charge in [-0.15, -0.1) is 0 Å². The molecule has 2 aromatic carbocycles. The molecule has 0 aliphatic carbocycles. The number of methoxy groups -OCH3 is 1. The van der Waals surface area contributed by atoms with Gasteiger partial charge in [0.1, 0.15) is 11.6 Å². The van der Waals surface area contributed by atoms with E-state index in [0.717, 1.165) is 43.1 Å². The maximum absolute atomic E-state index is 13.2. The highest BCUT2D eigenvalue weighted by molar-refractivity contribution is 6.30. The number of fused-ring (bicyclic) bond motifs is 1. The van der Waals surface area contributed by atoms with Crippen LogP contribution in [0, 0.1) is 0 Å². The zero-order valence-corrected chi connectivity index (χ0v) is 17.6. The molecule has 1 aromatic heterocycles. The molecule has 0 bridgehead atoms. The molecule has 0 spiro atoms. The average Bonchev–Trinajstić information content (AvgIpc) is 3.00. The number of benzene rings is 2. The third-order valence-corrected chi connectivity index (χ3v) is 5.30. The van der Waals surface area contributed by atoms with Gasteiger partial charge in [0, 0.05) is 29.4 Å². The Morgan fingerprint density at radius 1 is 1.20 bits per heavy atom. The molecular weight excluding hydrogens is 402 g/mol. The van der Waals surface area contributed by atoms with Crippen LogP contribution in [-0.4, -0.2) is 27.9 Å². The number of aromatic nitrogens is 3. The van der Waals surface area contributed by atoms with Gasteiger partial charge >= 0.3 is 6.03 Å². The molecule has 0 atom stereocenters. The number of hydrogen-bond donors (Lipinski definition) is 1. The van der Waals surface area contributed by atoms with E-state index >= 15 is 0 Å². The molecule has 0 unspecified atom stereocenters. The summed E-state index contributed by atoms with van der Waals surface area (Å²) in [6.07, 6.45) is 4.34. The molecule has 0 saturated heterocycles. The summed E-state index contributed by atoms with van der Waals surface area (Å²) in [7, 11) is 1.61. The third kappa shape index (κ3) is 4.74. The van der Waals surface area contributed by atoms with Crippen molar-refractivity contribution >= 4 is 29.0 Å². The van der Waals surface area contributed by atoms with Crippen LogP contribution in [0.2, 0.25) is 5.02 Å². The van der Waals surface area contributed by atoms with Gasteiger partial charge in [-0.1, -0.05) is 24.1 Å². The van der Waals surface area contributed by atoms with Crippen LogP contribution >= 0.6 is 11.6 Å². The van der Waals surface area contributed by atoms with Crippen LogP contribution in [0.1, 0.15) is 30.9 Å². The maximum atomic E-state index is 13.2. The number of carbonyl (C=O) groups excluding carboxylic acids is 1. The van der Waals surface area contributed by atoms with Gasteiger partial charge in [-0.25, -0.2) is 14.5 Å². The van der Waals surface area contributed by atoms with Gasteiger partial charge < -0.3 is 10.1 Å². The van der Waals surface area contributed by atoms with E-state index in [4.69, 9.17) is 21.3 Å². The van der Waals surface area contributed by atoms with E-state index in [0.29, 0.717) is 16.5 Å². The van der Waals surface area contributed by atoms with Gasteiger partial charge in [-0.05, 0) is 55.3 Å². The molecule has 7 nitrogen and oxygen atoms in total. The first kappa shape index (κ1) is 20.2. The molecule has 2 amide bonds. The molecular formula is C22H24ClN5O2. The molecule has 156 valence electrons. The number of hydrogen-bond acceptors (Lipinski definition) is 4. The number of rotatable bonds is 5. The van der Waals surface area contributed by atoms with Crippen molar-refractivity contribution in [3.05, 3.63) is 65.2 Å². The lowest BCUT2D eigenvalue weighted by molar-refractivity contribution is 0.256. The normalized spacial score (nSPS) is 13.3. The molecule has 1 aliphatic rings. The SMILES string of the molecule is COc1ccc(N(Cc2nc3n(n2)CCCCC3)C(=O)Nc2cccc(Cl)c2)cc1. The lowest BCUT2D eigenvalue weighted by atomic mass is 10.2. The fraction of sp³-hybridized carbons (Fsp3) is 0.318. The Morgan fingerprint density at radius 2 is 2.03 bits per heavy atom. The van der Waals surface area contributed by atoms with Crippen LogP contribution in [0.4, 0.5) is 16.2 Å². The van der Waals surface area contributed by atoms with Crippen LogP contribution < -0.4 is 15.0 Å². The van der Waals surface area contributed by atoms with Gasteiger partial charge in [0.2, 0.25) is 0 Å². The van der Waals surface area contributed by atoms with Crippen molar-refractivity contribution in [2.75, 3.05) is 17.3 Å². The Balaban J connectivity index is 1.60. The fourth-order valence-corrected chi connectivity index (χ4v) is 3.71. The molecule has 1 N–H and O–H groups in total. The van der Waals surface area contributed by atoms with Gasteiger partial charge in [-0.3, -0.25) is 4.90 Å². The Kier molecular flexibility index (Phi) is 6.18. The van der Waals surface area contributed by atoms with E-state index < -0.39 is 0 Å². The van der Waals surface area contributed by atoms with Crippen molar-refractivity contribution < 1.29 is 9.53 Å². The summed E-state index contributed by atoms with van der Waals surface area (Å²) in [4.78, 5) is 19.5. The molecule has 1 aliphatic heterocycles. The third-order valence-electron chi connectivity index (χ3n) is 5.07. The Hall–Kier alpha value is -3.06. The molecule has 30 heavy (non-hydrogen) atoms. The monoisotopic (exact) mass is 425 g/mol. The number of amides is 2. The molecule has 0 fully saturated rings. The van der Waals surface area contributed by atoms with E-state index in [1.165, 1.54) is 6.42 Å². The summed E-state index contributed by atoms with van der Waals surface area (Å²) in [5.74, 6) is 2.34. The van der Waals surface area contributed by atoms with E-state index in [9.17, 15) is 4.79 Å². The minimum atomic E-state index is -0.285. The number of carbonyl (C=O) groups is 1. The lowest BCUT2D eigenvalue weighted by Crippen LogP contribution is -2.35. The van der Waals surface area contributed by atoms with E-state index in [1.807, 2.05) is 28.9 Å². The highest BCUT2D eigenvalue weighted by Crippen LogP contribution is 2.23.